The first kappa shape index (κ1) is 10.7. The van der Waals surface area contributed by atoms with Crippen LogP contribution < -0.4 is 5.32 Å². The van der Waals surface area contributed by atoms with Gasteiger partial charge in [0.1, 0.15) is 5.78 Å². The maximum Gasteiger partial charge on any atom is 0.137 e. The lowest BCUT2D eigenvalue weighted by Gasteiger charge is -2.08. The van der Waals surface area contributed by atoms with Gasteiger partial charge in [-0.15, -0.1) is 0 Å². The third kappa shape index (κ3) is 3.44. The summed E-state index contributed by atoms with van der Waals surface area (Å²) in [5.74, 6) is 0.779. The first-order chi connectivity index (χ1) is 6.24. The van der Waals surface area contributed by atoms with Gasteiger partial charge in [-0.1, -0.05) is 0 Å². The Kier molecular flexibility index (Phi) is 4.39. The van der Waals surface area contributed by atoms with Gasteiger partial charge in [-0.3, -0.25) is 4.79 Å². The lowest BCUT2D eigenvalue weighted by molar-refractivity contribution is -0.122. The quantitative estimate of drug-likeness (QED) is 0.632. The molecule has 0 amide bonds. The SMILES string of the molecule is CNCCCC(=O)C1CCN(C)C1. The molecular formula is C10H20N2O. The number of hydrogen-bond acceptors (Lipinski definition) is 3. The van der Waals surface area contributed by atoms with Gasteiger partial charge in [0, 0.05) is 18.9 Å². The van der Waals surface area contributed by atoms with Crippen LogP contribution >= 0.6 is 0 Å². The van der Waals surface area contributed by atoms with Gasteiger partial charge in [0.05, 0.1) is 0 Å². The molecule has 1 aliphatic rings. The number of ketones is 1. The van der Waals surface area contributed by atoms with Gasteiger partial charge in [-0.05, 0) is 40.0 Å². The molecule has 1 saturated heterocycles. The maximum atomic E-state index is 11.6. The zero-order valence-electron chi connectivity index (χ0n) is 8.68. The predicted molar refractivity (Wildman–Crippen MR) is 53.8 cm³/mol. The first-order valence-corrected chi connectivity index (χ1v) is 5.10. The summed E-state index contributed by atoms with van der Waals surface area (Å²) in [7, 11) is 4.01. The second-order valence-electron chi connectivity index (χ2n) is 3.92. The van der Waals surface area contributed by atoms with Crippen LogP contribution in [-0.4, -0.2) is 44.4 Å². The first-order valence-electron chi connectivity index (χ1n) is 5.10. The third-order valence-electron chi connectivity index (χ3n) is 2.70. The van der Waals surface area contributed by atoms with Gasteiger partial charge < -0.3 is 10.2 Å². The van der Waals surface area contributed by atoms with Gasteiger partial charge in [-0.2, -0.15) is 0 Å². The van der Waals surface area contributed by atoms with Crippen LogP contribution in [0.15, 0.2) is 0 Å². The molecule has 0 aliphatic carbocycles. The molecule has 1 aliphatic heterocycles. The summed E-state index contributed by atoms with van der Waals surface area (Å²) in [6, 6.07) is 0. The minimum atomic E-state index is 0.321. The normalized spacial score (nSPS) is 23.7. The van der Waals surface area contributed by atoms with Crippen molar-refractivity contribution in [3.05, 3.63) is 0 Å². The molecule has 1 N–H and O–H groups in total. The number of rotatable bonds is 5. The largest absolute Gasteiger partial charge is 0.320 e. The van der Waals surface area contributed by atoms with E-state index >= 15 is 0 Å². The van der Waals surface area contributed by atoms with Crippen LogP contribution in [0.4, 0.5) is 0 Å². The molecule has 1 unspecified atom stereocenters. The highest BCUT2D eigenvalue weighted by Gasteiger charge is 2.24. The van der Waals surface area contributed by atoms with Gasteiger partial charge in [0.15, 0.2) is 0 Å². The molecule has 1 atom stereocenters. The molecule has 13 heavy (non-hydrogen) atoms. The van der Waals surface area contributed by atoms with Gasteiger partial charge in [-0.25, -0.2) is 0 Å². The summed E-state index contributed by atoms with van der Waals surface area (Å²) in [6.45, 7) is 3.01. The van der Waals surface area contributed by atoms with Crippen LogP contribution in [0.5, 0.6) is 0 Å². The second-order valence-corrected chi connectivity index (χ2v) is 3.92. The van der Waals surface area contributed by atoms with Crippen molar-refractivity contribution in [2.45, 2.75) is 19.3 Å². The molecular weight excluding hydrogens is 164 g/mol. The smallest absolute Gasteiger partial charge is 0.137 e. The Labute approximate surface area is 80.5 Å². The Morgan fingerprint density at radius 2 is 2.38 bits per heavy atom. The van der Waals surface area contributed by atoms with Crippen molar-refractivity contribution >= 4 is 5.78 Å². The average molecular weight is 184 g/mol. The lowest BCUT2D eigenvalue weighted by Crippen LogP contribution is -2.20. The van der Waals surface area contributed by atoms with Crippen molar-refractivity contribution in [1.82, 2.24) is 10.2 Å². The summed E-state index contributed by atoms with van der Waals surface area (Å²) >= 11 is 0. The number of carbonyl (C=O) groups is 1. The third-order valence-corrected chi connectivity index (χ3v) is 2.70. The van der Waals surface area contributed by atoms with E-state index in [1.165, 1.54) is 0 Å². The van der Waals surface area contributed by atoms with Crippen LogP contribution in [-0.2, 0) is 4.79 Å². The summed E-state index contributed by atoms with van der Waals surface area (Å²) in [5.41, 5.74) is 0. The molecule has 0 spiro atoms. The number of likely N-dealkylation sites (tertiary alicyclic amines) is 1. The molecule has 1 fully saturated rings. The van der Waals surface area contributed by atoms with Crippen molar-refractivity contribution in [3.8, 4) is 0 Å². The minimum Gasteiger partial charge on any atom is -0.320 e. The Morgan fingerprint density at radius 1 is 1.62 bits per heavy atom. The van der Waals surface area contributed by atoms with Gasteiger partial charge in [0.2, 0.25) is 0 Å². The zero-order valence-corrected chi connectivity index (χ0v) is 8.68. The predicted octanol–water partition coefficient (Wildman–Crippen LogP) is 0.507. The van der Waals surface area contributed by atoms with Crippen LogP contribution in [0.2, 0.25) is 0 Å². The molecule has 0 radical (unpaired) electrons. The molecule has 0 saturated carbocycles. The summed E-state index contributed by atoms with van der Waals surface area (Å²) < 4.78 is 0. The van der Waals surface area contributed by atoms with Crippen LogP contribution in [0.3, 0.4) is 0 Å². The van der Waals surface area contributed by atoms with E-state index in [4.69, 9.17) is 0 Å². The van der Waals surface area contributed by atoms with E-state index in [1.807, 2.05) is 7.05 Å². The Balaban J connectivity index is 2.16. The number of hydrogen-bond donors (Lipinski definition) is 1. The topological polar surface area (TPSA) is 32.3 Å². The number of nitrogens with one attached hydrogen (secondary N) is 1. The summed E-state index contributed by atoms with van der Waals surface area (Å²) in [4.78, 5) is 13.8. The van der Waals surface area contributed by atoms with E-state index in [-0.39, 0.29) is 0 Å². The van der Waals surface area contributed by atoms with Gasteiger partial charge in [0.25, 0.3) is 0 Å². The molecule has 0 aromatic heterocycles. The molecule has 0 aromatic rings. The highest BCUT2D eigenvalue weighted by atomic mass is 16.1. The van der Waals surface area contributed by atoms with Crippen LogP contribution in [0, 0.1) is 5.92 Å². The molecule has 3 nitrogen and oxygen atoms in total. The van der Waals surface area contributed by atoms with Crippen molar-refractivity contribution in [1.29, 1.82) is 0 Å². The van der Waals surface area contributed by atoms with Crippen LogP contribution in [0.1, 0.15) is 19.3 Å². The summed E-state index contributed by atoms with van der Waals surface area (Å²) in [5, 5.41) is 3.06. The van der Waals surface area contributed by atoms with Crippen LogP contribution in [0.25, 0.3) is 0 Å². The molecule has 1 rings (SSSR count). The average Bonchev–Trinajstić information content (AvgIpc) is 2.52. The highest BCUT2D eigenvalue weighted by Crippen LogP contribution is 2.17. The fraction of sp³-hybridized carbons (Fsp3) is 0.900. The van der Waals surface area contributed by atoms with E-state index in [9.17, 15) is 4.79 Å². The molecule has 76 valence electrons. The van der Waals surface area contributed by atoms with E-state index in [1.54, 1.807) is 0 Å². The molecule has 1 heterocycles. The second kappa shape index (κ2) is 5.35. The number of Topliss-reactive ketones (excluding diaryl/α,β-unsaturated/α-hetero) is 1. The number of carbonyl (C=O) groups excluding carboxylic acids is 1. The lowest BCUT2D eigenvalue weighted by atomic mass is 10.00. The highest BCUT2D eigenvalue weighted by molar-refractivity contribution is 5.81. The Morgan fingerprint density at radius 3 is 2.92 bits per heavy atom. The maximum absolute atomic E-state index is 11.6. The molecule has 0 aromatic carbocycles. The Hall–Kier alpha value is -0.410. The van der Waals surface area contributed by atoms with E-state index in [2.05, 4.69) is 17.3 Å². The molecule has 3 heteroatoms. The van der Waals surface area contributed by atoms with E-state index in [0.717, 1.165) is 38.9 Å². The summed E-state index contributed by atoms with van der Waals surface area (Å²) in [6.07, 6.45) is 2.80. The van der Waals surface area contributed by atoms with Crippen molar-refractivity contribution in [3.63, 3.8) is 0 Å². The van der Waals surface area contributed by atoms with Crippen molar-refractivity contribution in [2.24, 2.45) is 5.92 Å². The number of nitrogens with zero attached hydrogens (tertiary/aromatic N) is 1. The monoisotopic (exact) mass is 184 g/mol. The van der Waals surface area contributed by atoms with E-state index < -0.39 is 0 Å². The van der Waals surface area contributed by atoms with E-state index in [0.29, 0.717) is 11.7 Å². The fourth-order valence-electron chi connectivity index (χ4n) is 1.84. The fourth-order valence-corrected chi connectivity index (χ4v) is 1.84. The van der Waals surface area contributed by atoms with Crippen molar-refractivity contribution in [2.75, 3.05) is 33.7 Å². The van der Waals surface area contributed by atoms with Gasteiger partial charge >= 0.3 is 0 Å². The Bertz CT molecular complexity index is 170. The van der Waals surface area contributed by atoms with Crippen molar-refractivity contribution < 1.29 is 4.79 Å². The minimum absolute atomic E-state index is 0.321. The zero-order chi connectivity index (χ0) is 9.68. The molecule has 0 bridgehead atoms. The standard InChI is InChI=1S/C10H20N2O/c1-11-6-3-4-10(13)9-5-7-12(2)8-9/h9,11H,3-8H2,1-2H3.